The van der Waals surface area contributed by atoms with E-state index < -0.39 is 0 Å². The maximum atomic E-state index is 12.2. The van der Waals surface area contributed by atoms with Crippen molar-refractivity contribution in [1.82, 2.24) is 0 Å². The average Bonchev–Trinajstić information content (AvgIpc) is 2.54. The molecule has 0 aliphatic heterocycles. The quantitative estimate of drug-likeness (QED) is 0.542. The highest BCUT2D eigenvalue weighted by molar-refractivity contribution is 9.11. The molecule has 1 fully saturated rings. The van der Waals surface area contributed by atoms with Gasteiger partial charge in [-0.1, -0.05) is 38.5 Å². The van der Waals surface area contributed by atoms with Crippen molar-refractivity contribution < 1.29 is 4.79 Å². The van der Waals surface area contributed by atoms with Crippen molar-refractivity contribution in [3.05, 3.63) is 20.3 Å². The van der Waals surface area contributed by atoms with Crippen molar-refractivity contribution in [2.45, 2.75) is 51.9 Å². The van der Waals surface area contributed by atoms with Crippen LogP contribution in [0.3, 0.4) is 0 Å². The number of carbonyl (C=O) groups excluding carboxylic acids is 1. The molecule has 1 saturated carbocycles. The van der Waals surface area contributed by atoms with Gasteiger partial charge in [0.25, 0.3) is 0 Å². The van der Waals surface area contributed by atoms with Crippen molar-refractivity contribution in [3.8, 4) is 0 Å². The van der Waals surface area contributed by atoms with Crippen molar-refractivity contribution in [2.24, 2.45) is 5.92 Å². The summed E-state index contributed by atoms with van der Waals surface area (Å²) in [5, 5.41) is 0. The summed E-state index contributed by atoms with van der Waals surface area (Å²) in [5.74, 6) is 0.974. The van der Waals surface area contributed by atoms with Crippen molar-refractivity contribution >= 4 is 33.0 Å². The molecule has 17 heavy (non-hydrogen) atoms. The molecule has 0 spiro atoms. The molecule has 1 aromatic rings. The largest absolute Gasteiger partial charge is 0.293 e. The Bertz CT molecular complexity index is 369. The number of rotatable bonds is 3. The van der Waals surface area contributed by atoms with Gasteiger partial charge in [0.05, 0.1) is 8.66 Å². The molecule has 1 aliphatic rings. The van der Waals surface area contributed by atoms with Gasteiger partial charge in [-0.05, 0) is 40.4 Å². The fourth-order valence-corrected chi connectivity index (χ4v) is 4.01. The van der Waals surface area contributed by atoms with E-state index in [1.54, 1.807) is 11.3 Å². The van der Waals surface area contributed by atoms with Gasteiger partial charge in [-0.3, -0.25) is 4.79 Å². The molecule has 1 heterocycles. The molecule has 0 bridgehead atoms. The lowest BCUT2D eigenvalue weighted by atomic mass is 9.94. The first-order valence-corrected chi connectivity index (χ1v) is 8.07. The molecular formula is C14H19BrOS. The third-order valence-corrected chi connectivity index (χ3v) is 5.76. The summed E-state index contributed by atoms with van der Waals surface area (Å²) in [7, 11) is 0. The summed E-state index contributed by atoms with van der Waals surface area (Å²) in [4.78, 5) is 13.1. The maximum Gasteiger partial charge on any atom is 0.173 e. The van der Waals surface area contributed by atoms with Gasteiger partial charge < -0.3 is 0 Å². The van der Waals surface area contributed by atoms with Crippen LogP contribution in [0.15, 0.2) is 9.85 Å². The van der Waals surface area contributed by atoms with E-state index in [1.165, 1.54) is 44.1 Å². The minimum atomic E-state index is 0.343. The van der Waals surface area contributed by atoms with E-state index in [4.69, 9.17) is 0 Å². The number of aryl methyl sites for hydroxylation is 1. The third-order valence-electron chi connectivity index (χ3n) is 3.58. The van der Waals surface area contributed by atoms with Gasteiger partial charge in [0.15, 0.2) is 5.78 Å². The van der Waals surface area contributed by atoms with E-state index in [2.05, 4.69) is 15.9 Å². The Balaban J connectivity index is 1.95. The number of ketones is 1. The lowest BCUT2D eigenvalue weighted by Crippen LogP contribution is -2.07. The average molecular weight is 315 g/mol. The van der Waals surface area contributed by atoms with Crippen LogP contribution in [-0.2, 0) is 0 Å². The number of halogens is 1. The molecule has 0 saturated heterocycles. The van der Waals surface area contributed by atoms with E-state index >= 15 is 0 Å². The van der Waals surface area contributed by atoms with E-state index in [0.29, 0.717) is 11.7 Å². The second kappa shape index (κ2) is 6.14. The molecule has 0 unspecified atom stereocenters. The summed E-state index contributed by atoms with van der Waals surface area (Å²) in [6.45, 7) is 2.04. The molecule has 0 atom stereocenters. The third kappa shape index (κ3) is 3.65. The minimum Gasteiger partial charge on any atom is -0.293 e. The van der Waals surface area contributed by atoms with Gasteiger partial charge >= 0.3 is 0 Å². The van der Waals surface area contributed by atoms with E-state index in [1.807, 2.05) is 13.0 Å². The molecule has 3 heteroatoms. The second-order valence-corrected chi connectivity index (χ2v) is 7.42. The highest BCUT2D eigenvalue weighted by atomic mass is 79.9. The highest BCUT2D eigenvalue weighted by Gasteiger charge is 2.18. The topological polar surface area (TPSA) is 17.1 Å². The van der Waals surface area contributed by atoms with Gasteiger partial charge in [-0.2, -0.15) is 0 Å². The number of hydrogen-bond donors (Lipinski definition) is 0. The number of Topliss-reactive ketones (excluding diaryl/α,β-unsaturated/α-hetero) is 1. The van der Waals surface area contributed by atoms with Gasteiger partial charge in [0.1, 0.15) is 0 Å². The molecule has 1 nitrogen and oxygen atoms in total. The second-order valence-electron chi connectivity index (χ2n) is 5.05. The lowest BCUT2D eigenvalue weighted by Gasteiger charge is -2.11. The molecule has 0 aromatic carbocycles. The van der Waals surface area contributed by atoms with E-state index in [-0.39, 0.29) is 0 Å². The van der Waals surface area contributed by atoms with Crippen LogP contribution in [0.25, 0.3) is 0 Å². The number of carbonyl (C=O) groups is 1. The van der Waals surface area contributed by atoms with Crippen LogP contribution in [-0.4, -0.2) is 5.78 Å². The Morgan fingerprint density at radius 2 is 2.00 bits per heavy atom. The Hall–Kier alpha value is -0.150. The molecule has 0 amide bonds. The summed E-state index contributed by atoms with van der Waals surface area (Å²) in [6.07, 6.45) is 8.58. The SMILES string of the molecule is Cc1cc(C(=O)CC2CCCCCC2)sc1Br. The molecule has 2 rings (SSSR count). The fourth-order valence-electron chi connectivity index (χ4n) is 2.53. The summed E-state index contributed by atoms with van der Waals surface area (Å²) in [5.41, 5.74) is 1.18. The van der Waals surface area contributed by atoms with Gasteiger partial charge in [0.2, 0.25) is 0 Å². The first-order chi connectivity index (χ1) is 8.16. The highest BCUT2D eigenvalue weighted by Crippen LogP contribution is 2.31. The van der Waals surface area contributed by atoms with Crippen LogP contribution in [0, 0.1) is 12.8 Å². The van der Waals surface area contributed by atoms with Gasteiger partial charge in [-0.15, -0.1) is 11.3 Å². The maximum absolute atomic E-state index is 12.2. The summed E-state index contributed by atoms with van der Waals surface area (Å²) < 4.78 is 1.10. The predicted molar refractivity (Wildman–Crippen MR) is 76.9 cm³/mol. The zero-order valence-corrected chi connectivity index (χ0v) is 12.7. The molecule has 94 valence electrons. The molecule has 1 aliphatic carbocycles. The predicted octanol–water partition coefficient (Wildman–Crippen LogP) is 5.36. The van der Waals surface area contributed by atoms with Gasteiger partial charge in [-0.25, -0.2) is 0 Å². The van der Waals surface area contributed by atoms with Crippen molar-refractivity contribution in [3.63, 3.8) is 0 Å². The van der Waals surface area contributed by atoms with Gasteiger partial charge in [0, 0.05) is 6.42 Å². The zero-order chi connectivity index (χ0) is 12.3. The summed E-state index contributed by atoms with van der Waals surface area (Å²) in [6, 6.07) is 2.02. The zero-order valence-electron chi connectivity index (χ0n) is 10.3. The standard InChI is InChI=1S/C14H19BrOS/c1-10-8-13(17-14(10)15)12(16)9-11-6-4-2-3-5-7-11/h8,11H,2-7,9H2,1H3. The molecule has 0 N–H and O–H groups in total. The Kier molecular flexibility index (Phi) is 4.80. The lowest BCUT2D eigenvalue weighted by molar-refractivity contribution is 0.0961. The first-order valence-electron chi connectivity index (χ1n) is 6.46. The van der Waals surface area contributed by atoms with Crippen LogP contribution >= 0.6 is 27.3 Å². The van der Waals surface area contributed by atoms with Crippen molar-refractivity contribution in [2.75, 3.05) is 0 Å². The minimum absolute atomic E-state index is 0.343. The van der Waals surface area contributed by atoms with Crippen LogP contribution in [0.1, 0.15) is 60.2 Å². The first kappa shape index (κ1) is 13.3. The van der Waals surface area contributed by atoms with Crippen molar-refractivity contribution in [1.29, 1.82) is 0 Å². The smallest absolute Gasteiger partial charge is 0.173 e. The van der Waals surface area contributed by atoms with E-state index in [9.17, 15) is 4.79 Å². The molecule has 0 radical (unpaired) electrons. The van der Waals surface area contributed by atoms with Crippen LogP contribution in [0.4, 0.5) is 0 Å². The van der Waals surface area contributed by atoms with Crippen LogP contribution < -0.4 is 0 Å². The monoisotopic (exact) mass is 314 g/mol. The molecule has 1 aromatic heterocycles. The Morgan fingerprint density at radius 3 is 2.53 bits per heavy atom. The van der Waals surface area contributed by atoms with Crippen LogP contribution in [0.5, 0.6) is 0 Å². The molecular weight excluding hydrogens is 296 g/mol. The number of hydrogen-bond acceptors (Lipinski definition) is 2. The normalized spacial score (nSPS) is 18.0. The summed E-state index contributed by atoms with van der Waals surface area (Å²) >= 11 is 5.07. The van der Waals surface area contributed by atoms with E-state index in [0.717, 1.165) is 15.1 Å². The Morgan fingerprint density at radius 1 is 1.35 bits per heavy atom. The Labute approximate surface area is 116 Å². The van der Waals surface area contributed by atoms with Crippen LogP contribution in [0.2, 0.25) is 0 Å². The fraction of sp³-hybridized carbons (Fsp3) is 0.643. The number of thiophene rings is 1.